The molecule has 1 fully saturated rings. The molecule has 1 aliphatic rings. The summed E-state index contributed by atoms with van der Waals surface area (Å²) in [4.78, 5) is 6.94. The summed E-state index contributed by atoms with van der Waals surface area (Å²) in [6.07, 6.45) is 8.93. The van der Waals surface area contributed by atoms with E-state index in [0.29, 0.717) is 23.3 Å². The van der Waals surface area contributed by atoms with Crippen LogP contribution in [-0.2, 0) is 0 Å². The van der Waals surface area contributed by atoms with Gasteiger partial charge in [-0.1, -0.05) is 6.92 Å². The predicted octanol–water partition coefficient (Wildman–Crippen LogP) is 3.88. The molecule has 0 amide bonds. The van der Waals surface area contributed by atoms with Crippen molar-refractivity contribution < 1.29 is 4.74 Å². The molecule has 7 nitrogen and oxygen atoms in total. The van der Waals surface area contributed by atoms with E-state index >= 15 is 0 Å². The Balaban J connectivity index is 1.57. The number of pyridine rings is 2. The summed E-state index contributed by atoms with van der Waals surface area (Å²) in [5.74, 6) is 1.66. The maximum atomic E-state index is 9.51. The first-order chi connectivity index (χ1) is 15.0. The minimum atomic E-state index is 0.355. The lowest BCUT2D eigenvalue weighted by Gasteiger charge is -2.35. The van der Waals surface area contributed by atoms with Gasteiger partial charge in [-0.25, -0.2) is 9.50 Å². The van der Waals surface area contributed by atoms with Crippen molar-refractivity contribution in [2.75, 3.05) is 38.2 Å². The number of hydrogen-bond donors (Lipinski definition) is 1. The maximum absolute atomic E-state index is 9.51. The summed E-state index contributed by atoms with van der Waals surface area (Å²) in [6, 6.07) is 8.29. The highest BCUT2D eigenvalue weighted by Gasteiger charge is 2.26. The van der Waals surface area contributed by atoms with E-state index < -0.39 is 0 Å². The van der Waals surface area contributed by atoms with Crippen LogP contribution in [0.5, 0.6) is 5.75 Å². The molecule has 31 heavy (non-hydrogen) atoms. The predicted molar refractivity (Wildman–Crippen MR) is 122 cm³/mol. The van der Waals surface area contributed by atoms with Crippen molar-refractivity contribution in [2.45, 2.75) is 33.1 Å². The maximum Gasteiger partial charge on any atom is 0.138 e. The van der Waals surface area contributed by atoms with Crippen LogP contribution < -0.4 is 15.0 Å². The molecule has 1 aliphatic heterocycles. The quantitative estimate of drug-likeness (QED) is 0.627. The van der Waals surface area contributed by atoms with Crippen molar-refractivity contribution in [1.29, 1.82) is 5.26 Å². The van der Waals surface area contributed by atoms with Crippen molar-refractivity contribution in [3.05, 3.63) is 42.4 Å². The molecule has 3 aromatic rings. The van der Waals surface area contributed by atoms with Crippen molar-refractivity contribution >= 4 is 11.3 Å². The van der Waals surface area contributed by atoms with Gasteiger partial charge in [0.25, 0.3) is 0 Å². The summed E-state index contributed by atoms with van der Waals surface area (Å²) < 4.78 is 7.41. The SMILES string of the molecule is CCOc1cc(-c2ccc(N(C)CC[C@]3(C)CCCNC3)nc2)c2c(C#N)cnn2c1. The van der Waals surface area contributed by atoms with E-state index in [4.69, 9.17) is 9.72 Å². The van der Waals surface area contributed by atoms with Gasteiger partial charge in [0.05, 0.1) is 30.1 Å². The molecule has 0 spiro atoms. The number of hydrogen-bond acceptors (Lipinski definition) is 6. The molecule has 0 radical (unpaired) electrons. The minimum absolute atomic E-state index is 0.355. The van der Waals surface area contributed by atoms with Gasteiger partial charge < -0.3 is 15.0 Å². The van der Waals surface area contributed by atoms with Crippen molar-refractivity contribution in [1.82, 2.24) is 19.9 Å². The normalized spacial score (nSPS) is 18.6. The van der Waals surface area contributed by atoms with Crippen LogP contribution >= 0.6 is 0 Å². The summed E-state index contributed by atoms with van der Waals surface area (Å²) >= 11 is 0. The molecule has 4 heterocycles. The zero-order valence-electron chi connectivity index (χ0n) is 18.6. The van der Waals surface area contributed by atoms with Gasteiger partial charge >= 0.3 is 0 Å². The Bertz CT molecular complexity index is 1080. The van der Waals surface area contributed by atoms with Crippen LogP contribution in [0.4, 0.5) is 5.82 Å². The van der Waals surface area contributed by atoms with E-state index in [1.165, 1.54) is 12.8 Å². The molecule has 1 N–H and O–H groups in total. The standard InChI is InChI=1S/C24H30N6O/c1-4-31-20-12-21(23-19(13-25)15-28-30(23)16-20)18-6-7-22(27-14-18)29(3)11-9-24(2)8-5-10-26-17-24/h6-7,12,14-16,26H,4-5,8-11,17H2,1-3H3/t24-/m0/s1. The molecule has 0 unspecified atom stereocenters. The Kier molecular flexibility index (Phi) is 6.10. The fourth-order valence-electron chi connectivity index (χ4n) is 4.30. The first-order valence-electron chi connectivity index (χ1n) is 11.0. The zero-order chi connectivity index (χ0) is 21.8. The molecule has 0 aliphatic carbocycles. The molecule has 3 aromatic heterocycles. The van der Waals surface area contributed by atoms with Gasteiger partial charge in [-0.2, -0.15) is 10.4 Å². The average molecular weight is 419 g/mol. The number of fused-ring (bicyclic) bond motifs is 1. The number of piperidine rings is 1. The summed E-state index contributed by atoms with van der Waals surface area (Å²) in [5.41, 5.74) is 3.49. The number of nitriles is 1. The van der Waals surface area contributed by atoms with Gasteiger partial charge in [-0.15, -0.1) is 0 Å². The molecule has 0 bridgehead atoms. The first kappa shape index (κ1) is 21.1. The highest BCUT2D eigenvalue weighted by molar-refractivity contribution is 5.85. The second kappa shape index (κ2) is 8.94. The van der Waals surface area contributed by atoms with Gasteiger partial charge in [0.15, 0.2) is 0 Å². The van der Waals surface area contributed by atoms with Crippen LogP contribution in [0.1, 0.15) is 38.7 Å². The molecule has 1 atom stereocenters. The van der Waals surface area contributed by atoms with E-state index in [1.807, 2.05) is 25.3 Å². The fraction of sp³-hybridized carbons (Fsp3) is 0.458. The smallest absolute Gasteiger partial charge is 0.138 e. The Morgan fingerprint density at radius 1 is 1.35 bits per heavy atom. The highest BCUT2D eigenvalue weighted by Crippen LogP contribution is 2.32. The van der Waals surface area contributed by atoms with E-state index in [9.17, 15) is 5.26 Å². The van der Waals surface area contributed by atoms with Gasteiger partial charge in [0, 0.05) is 37.5 Å². The molecule has 7 heteroatoms. The van der Waals surface area contributed by atoms with Crippen LogP contribution in [0, 0.1) is 16.7 Å². The molecular formula is C24H30N6O. The summed E-state index contributed by atoms with van der Waals surface area (Å²) in [7, 11) is 2.10. The third-order valence-electron chi connectivity index (χ3n) is 6.20. The van der Waals surface area contributed by atoms with E-state index in [2.05, 4.69) is 41.4 Å². The largest absolute Gasteiger partial charge is 0.492 e. The van der Waals surface area contributed by atoms with Crippen molar-refractivity contribution in [3.8, 4) is 22.9 Å². The molecule has 1 saturated heterocycles. The second-order valence-corrected chi connectivity index (χ2v) is 8.65. The molecular weight excluding hydrogens is 388 g/mol. The third-order valence-corrected chi connectivity index (χ3v) is 6.20. The highest BCUT2D eigenvalue weighted by atomic mass is 16.5. The van der Waals surface area contributed by atoms with Gasteiger partial charge in [0.2, 0.25) is 0 Å². The molecule has 0 saturated carbocycles. The average Bonchev–Trinajstić information content (AvgIpc) is 3.21. The van der Waals surface area contributed by atoms with Crippen LogP contribution in [0.2, 0.25) is 0 Å². The van der Waals surface area contributed by atoms with Crippen LogP contribution in [0.25, 0.3) is 16.6 Å². The monoisotopic (exact) mass is 418 g/mol. The third kappa shape index (κ3) is 4.49. The van der Waals surface area contributed by atoms with E-state index in [-0.39, 0.29) is 0 Å². The molecule has 4 rings (SSSR count). The Labute approximate surface area is 183 Å². The van der Waals surface area contributed by atoms with Crippen LogP contribution in [0.3, 0.4) is 0 Å². The lowest BCUT2D eigenvalue weighted by atomic mass is 9.80. The van der Waals surface area contributed by atoms with Crippen molar-refractivity contribution in [2.24, 2.45) is 5.41 Å². The van der Waals surface area contributed by atoms with Gasteiger partial charge in [0.1, 0.15) is 17.6 Å². The fourth-order valence-corrected chi connectivity index (χ4v) is 4.30. The Hall–Kier alpha value is -3.11. The van der Waals surface area contributed by atoms with E-state index in [0.717, 1.165) is 48.5 Å². The Morgan fingerprint density at radius 3 is 2.90 bits per heavy atom. The minimum Gasteiger partial charge on any atom is -0.492 e. The first-order valence-corrected chi connectivity index (χ1v) is 11.0. The summed E-state index contributed by atoms with van der Waals surface area (Å²) in [6.45, 7) is 8.08. The zero-order valence-corrected chi connectivity index (χ0v) is 18.6. The second-order valence-electron chi connectivity index (χ2n) is 8.65. The number of rotatable bonds is 7. The number of anilines is 1. The lowest BCUT2D eigenvalue weighted by Crippen LogP contribution is -2.40. The molecule has 0 aromatic carbocycles. The lowest BCUT2D eigenvalue weighted by molar-refractivity contribution is 0.221. The van der Waals surface area contributed by atoms with Crippen molar-refractivity contribution in [3.63, 3.8) is 0 Å². The van der Waals surface area contributed by atoms with Gasteiger partial charge in [-0.05, 0) is 56.3 Å². The Morgan fingerprint density at radius 2 is 2.23 bits per heavy atom. The van der Waals surface area contributed by atoms with E-state index in [1.54, 1.807) is 16.9 Å². The van der Waals surface area contributed by atoms with Crippen LogP contribution in [0.15, 0.2) is 36.8 Å². The molecule has 162 valence electrons. The number of aromatic nitrogens is 3. The van der Waals surface area contributed by atoms with Gasteiger partial charge in [-0.3, -0.25) is 0 Å². The topological polar surface area (TPSA) is 78.5 Å². The summed E-state index contributed by atoms with van der Waals surface area (Å²) in [5, 5.41) is 17.4. The van der Waals surface area contributed by atoms with Crippen LogP contribution in [-0.4, -0.2) is 47.9 Å². The number of ether oxygens (including phenoxy) is 1. The number of nitrogens with zero attached hydrogens (tertiary/aromatic N) is 5. The number of nitrogens with one attached hydrogen (secondary N) is 1.